The summed E-state index contributed by atoms with van der Waals surface area (Å²) in [5.41, 5.74) is 1.08. The molecule has 23 heavy (non-hydrogen) atoms. The highest BCUT2D eigenvalue weighted by Gasteiger charge is 2.13. The van der Waals surface area contributed by atoms with Crippen molar-refractivity contribution in [3.05, 3.63) is 59.9 Å². The average Bonchev–Trinajstić information content (AvgIpc) is 2.98. The van der Waals surface area contributed by atoms with E-state index in [4.69, 9.17) is 9.26 Å². The highest BCUT2D eigenvalue weighted by atomic mass is 16.5. The van der Waals surface area contributed by atoms with E-state index < -0.39 is 0 Å². The number of amides is 1. The van der Waals surface area contributed by atoms with Gasteiger partial charge in [-0.1, -0.05) is 42.5 Å². The van der Waals surface area contributed by atoms with Crippen LogP contribution in [0.5, 0.6) is 5.88 Å². The molecule has 2 aromatic carbocycles. The lowest BCUT2D eigenvalue weighted by molar-refractivity contribution is -0.123. The van der Waals surface area contributed by atoms with Gasteiger partial charge in [0.05, 0.1) is 6.04 Å². The average molecular weight is 310 g/mol. The van der Waals surface area contributed by atoms with Crippen molar-refractivity contribution in [1.82, 2.24) is 10.5 Å². The fourth-order valence-corrected chi connectivity index (χ4v) is 2.54. The van der Waals surface area contributed by atoms with E-state index in [1.165, 1.54) is 0 Å². The molecule has 1 N–H and O–H groups in total. The van der Waals surface area contributed by atoms with Gasteiger partial charge in [-0.05, 0) is 35.3 Å². The number of nitrogens with one attached hydrogen (secondary N) is 1. The predicted octanol–water partition coefficient (Wildman–Crippen LogP) is 3.39. The van der Waals surface area contributed by atoms with Crippen LogP contribution in [0, 0.1) is 6.92 Å². The molecular formula is C18H18N2O3. The lowest BCUT2D eigenvalue weighted by Crippen LogP contribution is -2.31. The number of aromatic nitrogens is 1. The zero-order valence-corrected chi connectivity index (χ0v) is 13.1. The Hall–Kier alpha value is -2.82. The molecule has 0 aliphatic rings. The Morgan fingerprint density at radius 1 is 1.26 bits per heavy atom. The van der Waals surface area contributed by atoms with Crippen LogP contribution in [0.15, 0.2) is 53.1 Å². The summed E-state index contributed by atoms with van der Waals surface area (Å²) >= 11 is 0. The molecule has 5 nitrogen and oxygen atoms in total. The summed E-state index contributed by atoms with van der Waals surface area (Å²) in [4.78, 5) is 12.0. The summed E-state index contributed by atoms with van der Waals surface area (Å²) in [6, 6.07) is 15.7. The number of benzene rings is 2. The van der Waals surface area contributed by atoms with Gasteiger partial charge in [0.2, 0.25) is 0 Å². The van der Waals surface area contributed by atoms with Crippen LogP contribution in [0.1, 0.15) is 24.3 Å². The van der Waals surface area contributed by atoms with E-state index in [1.54, 1.807) is 13.0 Å². The molecule has 0 aliphatic carbocycles. The molecule has 0 spiro atoms. The first kappa shape index (κ1) is 15.1. The molecule has 0 saturated carbocycles. The predicted molar refractivity (Wildman–Crippen MR) is 87.2 cm³/mol. The number of aryl methyl sites for hydroxylation is 1. The van der Waals surface area contributed by atoms with Crippen molar-refractivity contribution in [3.8, 4) is 5.88 Å². The fraction of sp³-hybridized carbons (Fsp3) is 0.222. The molecule has 1 atom stereocenters. The monoisotopic (exact) mass is 310 g/mol. The molecule has 0 fully saturated rings. The lowest BCUT2D eigenvalue weighted by atomic mass is 10.00. The smallest absolute Gasteiger partial charge is 0.258 e. The third-order valence-electron chi connectivity index (χ3n) is 3.62. The second-order valence-electron chi connectivity index (χ2n) is 5.42. The van der Waals surface area contributed by atoms with Crippen LogP contribution >= 0.6 is 0 Å². The highest BCUT2D eigenvalue weighted by Crippen LogP contribution is 2.23. The van der Waals surface area contributed by atoms with Crippen LogP contribution in [-0.2, 0) is 4.79 Å². The Bertz CT molecular complexity index is 821. The highest BCUT2D eigenvalue weighted by molar-refractivity contribution is 5.87. The third kappa shape index (κ3) is 3.51. The van der Waals surface area contributed by atoms with Crippen LogP contribution in [-0.4, -0.2) is 17.7 Å². The fourth-order valence-electron chi connectivity index (χ4n) is 2.54. The Morgan fingerprint density at radius 3 is 2.83 bits per heavy atom. The van der Waals surface area contributed by atoms with Crippen LogP contribution in [0.2, 0.25) is 0 Å². The summed E-state index contributed by atoms with van der Waals surface area (Å²) in [7, 11) is 0. The largest absolute Gasteiger partial charge is 0.465 e. The second-order valence-corrected chi connectivity index (χ2v) is 5.42. The Balaban J connectivity index is 1.65. The van der Waals surface area contributed by atoms with Gasteiger partial charge in [-0.2, -0.15) is 0 Å². The molecule has 1 aromatic heterocycles. The van der Waals surface area contributed by atoms with Crippen molar-refractivity contribution in [2.45, 2.75) is 19.9 Å². The maximum absolute atomic E-state index is 12.0. The minimum Gasteiger partial charge on any atom is -0.465 e. The van der Waals surface area contributed by atoms with Gasteiger partial charge in [0.25, 0.3) is 11.8 Å². The minimum atomic E-state index is -0.203. The van der Waals surface area contributed by atoms with Gasteiger partial charge < -0.3 is 14.6 Å². The molecule has 1 amide bonds. The first-order valence-electron chi connectivity index (χ1n) is 7.46. The number of fused-ring (bicyclic) bond motifs is 1. The topological polar surface area (TPSA) is 64.4 Å². The molecule has 3 aromatic rings. The van der Waals surface area contributed by atoms with Gasteiger partial charge in [0.1, 0.15) is 5.76 Å². The van der Waals surface area contributed by atoms with E-state index in [1.807, 2.05) is 31.2 Å². The van der Waals surface area contributed by atoms with Crippen LogP contribution in [0.3, 0.4) is 0 Å². The molecule has 0 aliphatic heterocycles. The summed E-state index contributed by atoms with van der Waals surface area (Å²) in [6.45, 7) is 3.63. The molecule has 5 heteroatoms. The molecule has 0 radical (unpaired) electrons. The first-order chi connectivity index (χ1) is 11.1. The van der Waals surface area contributed by atoms with Crippen molar-refractivity contribution in [1.29, 1.82) is 0 Å². The van der Waals surface area contributed by atoms with Crippen molar-refractivity contribution in [2.75, 3.05) is 6.61 Å². The molecule has 3 rings (SSSR count). The normalized spacial score (nSPS) is 12.1. The van der Waals surface area contributed by atoms with Crippen molar-refractivity contribution < 1.29 is 14.1 Å². The zero-order chi connectivity index (χ0) is 16.2. The van der Waals surface area contributed by atoms with Gasteiger partial charge in [-0.15, -0.1) is 0 Å². The third-order valence-corrected chi connectivity index (χ3v) is 3.62. The molecule has 118 valence electrons. The molecule has 1 heterocycles. The van der Waals surface area contributed by atoms with Crippen LogP contribution in [0.4, 0.5) is 0 Å². The standard InChI is InChI=1S/C18H18N2O3/c1-12-10-18(20-23-12)22-11-17(21)19-13(2)15-9-5-7-14-6-3-4-8-16(14)15/h3-10,13H,11H2,1-2H3,(H,19,21)/t13-/m1/s1. The summed E-state index contributed by atoms with van der Waals surface area (Å²) < 4.78 is 10.2. The van der Waals surface area contributed by atoms with Crippen molar-refractivity contribution in [2.24, 2.45) is 0 Å². The van der Waals surface area contributed by atoms with E-state index in [2.05, 4.69) is 28.7 Å². The zero-order valence-electron chi connectivity index (χ0n) is 13.1. The van der Waals surface area contributed by atoms with Gasteiger partial charge in [-0.25, -0.2) is 0 Å². The van der Waals surface area contributed by atoms with Gasteiger partial charge in [0, 0.05) is 6.07 Å². The number of hydrogen-bond donors (Lipinski definition) is 1. The Morgan fingerprint density at radius 2 is 2.04 bits per heavy atom. The number of rotatable bonds is 5. The maximum Gasteiger partial charge on any atom is 0.258 e. The molecule has 0 saturated heterocycles. The molecule has 0 unspecified atom stereocenters. The Labute approximate surface area is 134 Å². The number of carbonyl (C=O) groups is 1. The van der Waals surface area contributed by atoms with Gasteiger partial charge >= 0.3 is 0 Å². The summed E-state index contributed by atoms with van der Waals surface area (Å²) in [5, 5.41) is 8.92. The SMILES string of the molecule is Cc1cc(OCC(=O)N[C@H](C)c2cccc3ccccc23)no1. The lowest BCUT2D eigenvalue weighted by Gasteiger charge is -2.16. The van der Waals surface area contributed by atoms with E-state index in [0.29, 0.717) is 11.6 Å². The quantitative estimate of drug-likeness (QED) is 0.784. The minimum absolute atomic E-state index is 0.0962. The van der Waals surface area contributed by atoms with E-state index >= 15 is 0 Å². The first-order valence-corrected chi connectivity index (χ1v) is 7.46. The van der Waals surface area contributed by atoms with E-state index in [9.17, 15) is 4.79 Å². The Kier molecular flexibility index (Phi) is 4.28. The van der Waals surface area contributed by atoms with E-state index in [-0.39, 0.29) is 18.6 Å². The van der Waals surface area contributed by atoms with Crippen LogP contribution < -0.4 is 10.1 Å². The van der Waals surface area contributed by atoms with Crippen molar-refractivity contribution in [3.63, 3.8) is 0 Å². The molecular weight excluding hydrogens is 292 g/mol. The van der Waals surface area contributed by atoms with Gasteiger partial charge in [-0.3, -0.25) is 4.79 Å². The maximum atomic E-state index is 12.0. The number of hydrogen-bond acceptors (Lipinski definition) is 4. The van der Waals surface area contributed by atoms with Crippen LogP contribution in [0.25, 0.3) is 10.8 Å². The van der Waals surface area contributed by atoms with Gasteiger partial charge in [0.15, 0.2) is 6.61 Å². The number of ether oxygens (including phenoxy) is 1. The van der Waals surface area contributed by atoms with Crippen molar-refractivity contribution >= 4 is 16.7 Å². The second kappa shape index (κ2) is 6.52. The summed E-state index contributed by atoms with van der Waals surface area (Å²) in [6.07, 6.45) is 0. The van der Waals surface area contributed by atoms with E-state index in [0.717, 1.165) is 16.3 Å². The number of carbonyl (C=O) groups excluding carboxylic acids is 1. The summed E-state index contributed by atoms with van der Waals surface area (Å²) in [5.74, 6) is 0.756. The number of nitrogens with zero attached hydrogens (tertiary/aromatic N) is 1. The molecule has 0 bridgehead atoms.